The highest BCUT2D eigenvalue weighted by Gasteiger charge is 2.29. The maximum Gasteiger partial charge on any atom is 0.255 e. The molecule has 0 N–H and O–H groups in total. The van der Waals surface area contributed by atoms with Gasteiger partial charge in [0.25, 0.3) is 5.91 Å². The first-order valence-corrected chi connectivity index (χ1v) is 9.74. The van der Waals surface area contributed by atoms with Gasteiger partial charge in [-0.05, 0) is 26.1 Å². The van der Waals surface area contributed by atoms with Crippen LogP contribution in [0.4, 0.5) is 5.82 Å². The van der Waals surface area contributed by atoms with Crippen molar-refractivity contribution in [1.82, 2.24) is 19.8 Å². The SMILES string of the molecule is Cc1nc2c(c(N3CCN(C)CC3)n1)CN(C(=O)c1ccccc1Cl)CC2. The van der Waals surface area contributed by atoms with Crippen LogP contribution >= 0.6 is 11.6 Å². The van der Waals surface area contributed by atoms with Gasteiger partial charge in [-0.1, -0.05) is 23.7 Å². The van der Waals surface area contributed by atoms with Crippen LogP contribution in [0.3, 0.4) is 0 Å². The average Bonchev–Trinajstić information content (AvgIpc) is 2.67. The van der Waals surface area contributed by atoms with E-state index in [1.165, 1.54) is 0 Å². The van der Waals surface area contributed by atoms with Crippen LogP contribution in [0.1, 0.15) is 27.4 Å². The number of hydrogen-bond acceptors (Lipinski definition) is 5. The van der Waals surface area contributed by atoms with Gasteiger partial charge in [0.2, 0.25) is 0 Å². The second-order valence-corrected chi connectivity index (χ2v) is 7.67. The number of likely N-dealkylation sites (N-methyl/N-ethyl adjacent to an activating group) is 1. The summed E-state index contributed by atoms with van der Waals surface area (Å²) < 4.78 is 0. The lowest BCUT2D eigenvalue weighted by atomic mass is 10.0. The van der Waals surface area contributed by atoms with E-state index in [1.807, 2.05) is 24.0 Å². The van der Waals surface area contributed by atoms with Gasteiger partial charge in [-0.25, -0.2) is 9.97 Å². The van der Waals surface area contributed by atoms with Gasteiger partial charge in [0.15, 0.2) is 0 Å². The van der Waals surface area contributed by atoms with Crippen LogP contribution in [0.5, 0.6) is 0 Å². The van der Waals surface area contributed by atoms with Crippen LogP contribution in [-0.2, 0) is 13.0 Å². The summed E-state index contributed by atoms with van der Waals surface area (Å²) in [5.41, 5.74) is 2.70. The molecular weight excluding hydrogens is 362 g/mol. The van der Waals surface area contributed by atoms with Crippen molar-refractivity contribution in [3.63, 3.8) is 0 Å². The summed E-state index contributed by atoms with van der Waals surface area (Å²) in [5, 5.41) is 0.493. The number of aryl methyl sites for hydroxylation is 1. The zero-order chi connectivity index (χ0) is 19.0. The average molecular weight is 386 g/mol. The molecule has 1 saturated heterocycles. The first-order chi connectivity index (χ1) is 13.0. The summed E-state index contributed by atoms with van der Waals surface area (Å²) in [4.78, 5) is 28.9. The van der Waals surface area contributed by atoms with Crippen molar-refractivity contribution in [3.05, 3.63) is 51.9 Å². The fraction of sp³-hybridized carbons (Fsp3) is 0.450. The minimum Gasteiger partial charge on any atom is -0.354 e. The van der Waals surface area contributed by atoms with Crippen molar-refractivity contribution in [1.29, 1.82) is 0 Å². The van der Waals surface area contributed by atoms with E-state index >= 15 is 0 Å². The molecule has 0 atom stereocenters. The van der Waals surface area contributed by atoms with E-state index in [1.54, 1.807) is 12.1 Å². The molecule has 2 aromatic rings. The normalized spacial score (nSPS) is 17.7. The van der Waals surface area contributed by atoms with Gasteiger partial charge < -0.3 is 14.7 Å². The van der Waals surface area contributed by atoms with Crippen molar-refractivity contribution in [3.8, 4) is 0 Å². The maximum absolute atomic E-state index is 13.0. The van der Waals surface area contributed by atoms with Crippen molar-refractivity contribution < 1.29 is 4.79 Å². The third-order valence-corrected chi connectivity index (χ3v) is 5.67. The van der Waals surface area contributed by atoms with Crippen LogP contribution in [0, 0.1) is 6.92 Å². The molecule has 6 nitrogen and oxygen atoms in total. The molecule has 0 saturated carbocycles. The predicted molar refractivity (Wildman–Crippen MR) is 106 cm³/mol. The van der Waals surface area contributed by atoms with Crippen LogP contribution in [0.2, 0.25) is 5.02 Å². The standard InChI is InChI=1S/C20H24ClN5O/c1-14-22-18-7-8-26(20(27)15-5-3-4-6-17(15)21)13-16(18)19(23-14)25-11-9-24(2)10-12-25/h3-6H,7-13H2,1-2H3. The van der Waals surface area contributed by atoms with Gasteiger partial charge in [0, 0.05) is 44.7 Å². The van der Waals surface area contributed by atoms with Crippen LogP contribution in [-0.4, -0.2) is 65.4 Å². The molecule has 2 aliphatic rings. The number of carbonyl (C=O) groups is 1. The minimum atomic E-state index is -0.0313. The summed E-state index contributed by atoms with van der Waals surface area (Å²) in [6.45, 7) is 7.04. The van der Waals surface area contributed by atoms with Crippen molar-refractivity contribution >= 4 is 23.3 Å². The number of piperazine rings is 1. The lowest BCUT2D eigenvalue weighted by molar-refractivity contribution is 0.0733. The minimum absolute atomic E-state index is 0.0313. The van der Waals surface area contributed by atoms with E-state index in [4.69, 9.17) is 16.6 Å². The summed E-state index contributed by atoms with van der Waals surface area (Å²) in [5.74, 6) is 1.76. The van der Waals surface area contributed by atoms with Gasteiger partial charge >= 0.3 is 0 Å². The first kappa shape index (κ1) is 18.2. The fourth-order valence-corrected chi connectivity index (χ4v) is 3.99. The topological polar surface area (TPSA) is 52.6 Å². The Hall–Kier alpha value is -2.18. The predicted octanol–water partition coefficient (Wildman–Crippen LogP) is 2.39. The molecule has 3 heterocycles. The number of benzene rings is 1. The molecule has 0 aliphatic carbocycles. The molecule has 0 unspecified atom stereocenters. The number of halogens is 1. The number of nitrogens with zero attached hydrogens (tertiary/aromatic N) is 5. The molecule has 1 fully saturated rings. The Labute approximate surface area is 164 Å². The molecule has 1 amide bonds. The number of carbonyl (C=O) groups excluding carboxylic acids is 1. The van der Waals surface area contributed by atoms with Crippen molar-refractivity contribution in [2.75, 3.05) is 44.7 Å². The Morgan fingerprint density at radius 1 is 1.07 bits per heavy atom. The summed E-state index contributed by atoms with van der Waals surface area (Å²) in [6.07, 6.45) is 0.746. The van der Waals surface area contributed by atoms with Crippen molar-refractivity contribution in [2.24, 2.45) is 0 Å². The molecule has 2 aliphatic heterocycles. The third kappa shape index (κ3) is 3.64. The highest BCUT2D eigenvalue weighted by Crippen LogP contribution is 2.29. The maximum atomic E-state index is 13.0. The van der Waals surface area contributed by atoms with Gasteiger partial charge in [0.05, 0.1) is 22.8 Å². The molecule has 1 aromatic carbocycles. The highest BCUT2D eigenvalue weighted by atomic mass is 35.5. The Bertz CT molecular complexity index is 863. The molecule has 142 valence electrons. The molecular formula is C20H24ClN5O. The summed E-state index contributed by atoms with van der Waals surface area (Å²) in [6, 6.07) is 7.23. The Morgan fingerprint density at radius 2 is 1.81 bits per heavy atom. The molecule has 4 rings (SSSR count). The molecule has 1 aromatic heterocycles. The Kier molecular flexibility index (Phi) is 5.02. The van der Waals surface area contributed by atoms with Gasteiger partial charge in [-0.3, -0.25) is 4.79 Å². The quantitative estimate of drug-likeness (QED) is 0.794. The zero-order valence-electron chi connectivity index (χ0n) is 15.8. The zero-order valence-corrected chi connectivity index (χ0v) is 16.5. The van der Waals surface area contributed by atoms with Gasteiger partial charge in [-0.15, -0.1) is 0 Å². The first-order valence-electron chi connectivity index (χ1n) is 9.36. The van der Waals surface area contributed by atoms with Crippen molar-refractivity contribution in [2.45, 2.75) is 19.9 Å². The Balaban J connectivity index is 1.63. The third-order valence-electron chi connectivity index (χ3n) is 5.34. The second kappa shape index (κ2) is 7.44. The van der Waals surface area contributed by atoms with E-state index < -0.39 is 0 Å². The number of rotatable bonds is 2. The Morgan fingerprint density at radius 3 is 2.56 bits per heavy atom. The van der Waals surface area contributed by atoms with Crippen LogP contribution in [0.25, 0.3) is 0 Å². The molecule has 0 spiro atoms. The van der Waals surface area contributed by atoms with E-state index in [0.717, 1.165) is 55.5 Å². The molecule has 27 heavy (non-hydrogen) atoms. The lowest BCUT2D eigenvalue weighted by Crippen LogP contribution is -2.46. The molecule has 7 heteroatoms. The number of aromatic nitrogens is 2. The largest absolute Gasteiger partial charge is 0.354 e. The van der Waals surface area contributed by atoms with E-state index in [2.05, 4.69) is 21.8 Å². The van der Waals surface area contributed by atoms with E-state index in [0.29, 0.717) is 23.7 Å². The number of hydrogen-bond donors (Lipinski definition) is 0. The summed E-state index contributed by atoms with van der Waals surface area (Å²) >= 11 is 6.24. The van der Waals surface area contributed by atoms with Gasteiger partial charge in [0.1, 0.15) is 11.6 Å². The number of anilines is 1. The monoisotopic (exact) mass is 385 g/mol. The van der Waals surface area contributed by atoms with Crippen LogP contribution in [0.15, 0.2) is 24.3 Å². The lowest BCUT2D eigenvalue weighted by Gasteiger charge is -2.37. The van der Waals surface area contributed by atoms with Gasteiger partial charge in [-0.2, -0.15) is 0 Å². The van der Waals surface area contributed by atoms with E-state index in [-0.39, 0.29) is 5.91 Å². The number of amides is 1. The highest BCUT2D eigenvalue weighted by molar-refractivity contribution is 6.33. The smallest absolute Gasteiger partial charge is 0.255 e. The van der Waals surface area contributed by atoms with E-state index in [9.17, 15) is 4.79 Å². The second-order valence-electron chi connectivity index (χ2n) is 7.27. The van der Waals surface area contributed by atoms with Crippen LogP contribution < -0.4 is 4.90 Å². The molecule has 0 bridgehead atoms. The fourth-order valence-electron chi connectivity index (χ4n) is 3.78. The number of fused-ring (bicyclic) bond motifs is 1. The molecule has 0 radical (unpaired) electrons. The summed E-state index contributed by atoms with van der Waals surface area (Å²) in [7, 11) is 2.14.